The minimum absolute atomic E-state index is 0.0385. The van der Waals surface area contributed by atoms with Crippen LogP contribution in [0, 0.1) is 5.82 Å². The highest BCUT2D eigenvalue weighted by atomic mass is 19.1. The minimum Gasteiger partial charge on any atom is -0.372 e. The Balaban J connectivity index is 1.34. The van der Waals surface area contributed by atoms with Crippen molar-refractivity contribution in [3.05, 3.63) is 60.5 Å². The standard InChI is InChI=1S/C25H25FN6O/c26-18-6-9-23(27-15-18)29-25(33)32-20-10-13-31(16-20)22-8-7-21(28-24(22)32)17-4-3-5-19(14-17)30-11-1-2-12-30/h3-9,14-15,20H,1-2,10-13,16H2,(H,27,29,33)/t20-/m0/s1. The predicted molar refractivity (Wildman–Crippen MR) is 127 cm³/mol. The van der Waals surface area contributed by atoms with E-state index in [9.17, 15) is 9.18 Å². The van der Waals surface area contributed by atoms with Gasteiger partial charge in [0.1, 0.15) is 11.6 Å². The number of amides is 2. The normalized spacial score (nSPS) is 19.1. The minimum atomic E-state index is -0.440. The molecule has 0 unspecified atom stereocenters. The third-order valence-electron chi connectivity index (χ3n) is 6.75. The number of urea groups is 1. The SMILES string of the molecule is O=C(Nc1ccc(F)cn1)N1c2nc(-c3cccc(N4CCCC4)c3)ccc2N2CC[C@H]1C2. The number of aromatic nitrogens is 2. The Kier molecular flexibility index (Phi) is 4.86. The van der Waals surface area contributed by atoms with Crippen LogP contribution in [0.25, 0.3) is 11.3 Å². The van der Waals surface area contributed by atoms with E-state index in [2.05, 4.69) is 50.4 Å². The van der Waals surface area contributed by atoms with Gasteiger partial charge in [-0.2, -0.15) is 0 Å². The van der Waals surface area contributed by atoms with Gasteiger partial charge in [0.25, 0.3) is 0 Å². The van der Waals surface area contributed by atoms with E-state index in [4.69, 9.17) is 4.98 Å². The highest BCUT2D eigenvalue weighted by Crippen LogP contribution is 2.40. The van der Waals surface area contributed by atoms with E-state index in [0.717, 1.165) is 55.7 Å². The van der Waals surface area contributed by atoms with Crippen molar-refractivity contribution in [2.45, 2.75) is 25.3 Å². The first-order valence-electron chi connectivity index (χ1n) is 11.5. The smallest absolute Gasteiger partial charge is 0.329 e. The van der Waals surface area contributed by atoms with Gasteiger partial charge in [-0.3, -0.25) is 10.2 Å². The van der Waals surface area contributed by atoms with Gasteiger partial charge in [0.15, 0.2) is 5.82 Å². The van der Waals surface area contributed by atoms with E-state index >= 15 is 0 Å². The van der Waals surface area contributed by atoms with Gasteiger partial charge in [0, 0.05) is 37.4 Å². The number of pyridine rings is 2. The molecule has 8 heteroatoms. The summed E-state index contributed by atoms with van der Waals surface area (Å²) >= 11 is 0. The second-order valence-electron chi connectivity index (χ2n) is 8.83. The molecule has 3 aromatic rings. The van der Waals surface area contributed by atoms with Crippen LogP contribution in [0.15, 0.2) is 54.7 Å². The molecule has 3 aliphatic heterocycles. The zero-order valence-corrected chi connectivity index (χ0v) is 18.2. The van der Waals surface area contributed by atoms with E-state index in [-0.39, 0.29) is 12.1 Å². The Hall–Kier alpha value is -3.68. The molecule has 6 rings (SSSR count). The van der Waals surface area contributed by atoms with Crippen LogP contribution in [0.4, 0.5) is 32.2 Å². The molecular formula is C25H25FN6O. The molecule has 0 saturated carbocycles. The molecule has 0 aliphatic carbocycles. The Morgan fingerprint density at radius 1 is 1.03 bits per heavy atom. The predicted octanol–water partition coefficient (Wildman–Crippen LogP) is 4.51. The molecule has 5 heterocycles. The third kappa shape index (κ3) is 3.65. The maximum atomic E-state index is 13.3. The van der Waals surface area contributed by atoms with E-state index in [1.807, 2.05) is 6.07 Å². The second kappa shape index (κ2) is 8.03. The maximum Gasteiger partial charge on any atom is 0.329 e. The number of carbonyl (C=O) groups is 1. The summed E-state index contributed by atoms with van der Waals surface area (Å²) in [5, 5.41) is 2.81. The molecule has 2 fully saturated rings. The first-order chi connectivity index (χ1) is 16.2. The van der Waals surface area contributed by atoms with Crippen molar-refractivity contribution in [1.82, 2.24) is 9.97 Å². The molecule has 1 N–H and O–H groups in total. The van der Waals surface area contributed by atoms with Crippen LogP contribution in [0.5, 0.6) is 0 Å². The van der Waals surface area contributed by atoms with Crippen LogP contribution < -0.4 is 20.0 Å². The number of hydrogen-bond acceptors (Lipinski definition) is 5. The van der Waals surface area contributed by atoms with Gasteiger partial charge in [0.2, 0.25) is 0 Å². The first-order valence-corrected chi connectivity index (χ1v) is 11.5. The fourth-order valence-corrected chi connectivity index (χ4v) is 5.09. The van der Waals surface area contributed by atoms with Gasteiger partial charge >= 0.3 is 6.03 Å². The summed E-state index contributed by atoms with van der Waals surface area (Å²) in [6.45, 7) is 3.84. The Labute approximate surface area is 191 Å². The van der Waals surface area contributed by atoms with Gasteiger partial charge in [0.05, 0.1) is 23.6 Å². The van der Waals surface area contributed by atoms with Gasteiger partial charge in [-0.1, -0.05) is 12.1 Å². The summed E-state index contributed by atoms with van der Waals surface area (Å²) < 4.78 is 13.2. The molecular weight excluding hydrogens is 419 g/mol. The molecule has 2 aromatic heterocycles. The fraction of sp³-hybridized carbons (Fsp3) is 0.320. The van der Waals surface area contributed by atoms with Crippen LogP contribution in [-0.4, -0.2) is 48.2 Å². The van der Waals surface area contributed by atoms with E-state index in [0.29, 0.717) is 11.6 Å². The van der Waals surface area contributed by atoms with Crippen LogP contribution >= 0.6 is 0 Å². The summed E-state index contributed by atoms with van der Waals surface area (Å²) in [5.74, 6) is 0.538. The molecule has 1 atom stereocenters. The second-order valence-corrected chi connectivity index (χ2v) is 8.83. The number of benzene rings is 1. The third-order valence-corrected chi connectivity index (χ3v) is 6.75. The molecule has 2 bridgehead atoms. The Bertz CT molecular complexity index is 1190. The lowest BCUT2D eigenvalue weighted by molar-refractivity contribution is 0.254. The number of rotatable bonds is 3. The Morgan fingerprint density at radius 2 is 1.91 bits per heavy atom. The van der Waals surface area contributed by atoms with Gasteiger partial charge in [-0.25, -0.2) is 19.2 Å². The van der Waals surface area contributed by atoms with Crippen molar-refractivity contribution in [2.24, 2.45) is 0 Å². The lowest BCUT2D eigenvalue weighted by Gasteiger charge is -2.35. The molecule has 0 radical (unpaired) electrons. The van der Waals surface area contributed by atoms with Gasteiger partial charge < -0.3 is 9.80 Å². The lowest BCUT2D eigenvalue weighted by Crippen LogP contribution is -2.48. The number of nitrogens with one attached hydrogen (secondary N) is 1. The molecule has 7 nitrogen and oxygen atoms in total. The van der Waals surface area contributed by atoms with E-state index in [1.165, 1.54) is 30.7 Å². The van der Waals surface area contributed by atoms with Crippen molar-refractivity contribution in [1.29, 1.82) is 0 Å². The average Bonchev–Trinajstić information content (AvgIpc) is 3.52. The first kappa shape index (κ1) is 20.0. The lowest BCUT2D eigenvalue weighted by atomic mass is 10.1. The Morgan fingerprint density at radius 3 is 2.73 bits per heavy atom. The molecule has 2 saturated heterocycles. The number of nitrogens with zero attached hydrogens (tertiary/aromatic N) is 5. The number of anilines is 4. The molecule has 3 aliphatic rings. The number of hydrogen-bond donors (Lipinski definition) is 1. The monoisotopic (exact) mass is 444 g/mol. The molecule has 33 heavy (non-hydrogen) atoms. The topological polar surface area (TPSA) is 64.6 Å². The zero-order chi connectivity index (χ0) is 22.4. The zero-order valence-electron chi connectivity index (χ0n) is 18.2. The van der Waals surface area contributed by atoms with Crippen molar-refractivity contribution in [3.63, 3.8) is 0 Å². The molecule has 0 spiro atoms. The molecule has 168 valence electrons. The quantitative estimate of drug-likeness (QED) is 0.644. The van der Waals surface area contributed by atoms with Crippen molar-refractivity contribution < 1.29 is 9.18 Å². The summed E-state index contributed by atoms with van der Waals surface area (Å²) in [5.41, 5.74) is 4.06. The van der Waals surface area contributed by atoms with Crippen LogP contribution in [-0.2, 0) is 0 Å². The fourth-order valence-electron chi connectivity index (χ4n) is 5.09. The number of fused-ring (bicyclic) bond motifs is 4. The summed E-state index contributed by atoms with van der Waals surface area (Å²) in [4.78, 5) is 28.7. The number of carbonyl (C=O) groups excluding carboxylic acids is 1. The van der Waals surface area contributed by atoms with Crippen molar-refractivity contribution in [3.8, 4) is 11.3 Å². The summed E-state index contributed by atoms with van der Waals surface area (Å²) in [6, 6.07) is 15.1. The van der Waals surface area contributed by atoms with Crippen LogP contribution in [0.3, 0.4) is 0 Å². The highest BCUT2D eigenvalue weighted by Gasteiger charge is 2.40. The highest BCUT2D eigenvalue weighted by molar-refractivity contribution is 6.04. The van der Waals surface area contributed by atoms with Crippen molar-refractivity contribution in [2.75, 3.05) is 46.2 Å². The summed E-state index contributed by atoms with van der Waals surface area (Å²) in [6.07, 6.45) is 4.43. The van der Waals surface area contributed by atoms with E-state index in [1.54, 1.807) is 4.90 Å². The molecule has 1 aromatic carbocycles. The van der Waals surface area contributed by atoms with E-state index < -0.39 is 5.82 Å². The van der Waals surface area contributed by atoms with Crippen molar-refractivity contribution >= 4 is 29.0 Å². The largest absolute Gasteiger partial charge is 0.372 e. The molecule has 2 amide bonds. The average molecular weight is 445 g/mol. The van der Waals surface area contributed by atoms with Gasteiger partial charge in [-0.15, -0.1) is 0 Å². The number of halogens is 1. The van der Waals surface area contributed by atoms with Gasteiger partial charge in [-0.05, 0) is 55.7 Å². The van der Waals surface area contributed by atoms with Crippen LogP contribution in [0.1, 0.15) is 19.3 Å². The van der Waals surface area contributed by atoms with Crippen LogP contribution in [0.2, 0.25) is 0 Å². The summed E-state index contributed by atoms with van der Waals surface area (Å²) in [7, 11) is 0. The maximum absolute atomic E-state index is 13.3.